The fourth-order valence-corrected chi connectivity index (χ4v) is 3.96. The Morgan fingerprint density at radius 2 is 1.94 bits per heavy atom. The fraction of sp³-hybridized carbons (Fsp3) is 0.500. The van der Waals surface area contributed by atoms with E-state index in [1.165, 1.54) is 0 Å². The zero-order chi connectivity index (χ0) is 24.3. The second kappa shape index (κ2) is 10.0. The van der Waals surface area contributed by atoms with Crippen molar-refractivity contribution in [2.24, 2.45) is 0 Å². The fourth-order valence-electron chi connectivity index (χ4n) is 3.96. The topological polar surface area (TPSA) is 76.6 Å². The molecular formula is C26H35N5O3. The number of amides is 1. The lowest BCUT2D eigenvalue weighted by molar-refractivity contribution is 0.0752. The van der Waals surface area contributed by atoms with Gasteiger partial charge in [0.25, 0.3) is 5.91 Å². The Labute approximate surface area is 201 Å². The van der Waals surface area contributed by atoms with Crippen molar-refractivity contribution in [3.63, 3.8) is 0 Å². The Hall–Kier alpha value is -3.13. The number of hydrogen-bond donors (Lipinski definition) is 0. The molecule has 0 radical (unpaired) electrons. The van der Waals surface area contributed by atoms with Crippen LogP contribution >= 0.6 is 0 Å². The van der Waals surface area contributed by atoms with Gasteiger partial charge in [-0.25, -0.2) is 9.67 Å². The minimum atomic E-state index is -0.0550. The van der Waals surface area contributed by atoms with E-state index in [1.807, 2.05) is 37.1 Å². The summed E-state index contributed by atoms with van der Waals surface area (Å²) in [7, 11) is 0. The van der Waals surface area contributed by atoms with Gasteiger partial charge in [-0.1, -0.05) is 32.9 Å². The number of rotatable bonds is 6. The van der Waals surface area contributed by atoms with Gasteiger partial charge in [-0.15, -0.1) is 0 Å². The average Bonchev–Trinajstić information content (AvgIpc) is 3.40. The van der Waals surface area contributed by atoms with E-state index >= 15 is 0 Å². The summed E-state index contributed by atoms with van der Waals surface area (Å²) < 4.78 is 13.5. The van der Waals surface area contributed by atoms with Crippen molar-refractivity contribution in [2.45, 2.75) is 59.7 Å². The van der Waals surface area contributed by atoms with Gasteiger partial charge in [-0.3, -0.25) is 9.69 Å². The number of nitrogens with zero attached hydrogens (tertiary/aromatic N) is 5. The molecule has 2 aromatic heterocycles. The normalized spacial score (nSPS) is 15.4. The van der Waals surface area contributed by atoms with Crippen molar-refractivity contribution < 1.29 is 13.9 Å². The molecule has 4 rings (SSSR count). The number of carbonyl (C=O) groups is 1. The first kappa shape index (κ1) is 24.0. The molecule has 0 aliphatic carbocycles. The van der Waals surface area contributed by atoms with E-state index in [4.69, 9.17) is 9.15 Å². The van der Waals surface area contributed by atoms with Crippen LogP contribution in [0.3, 0.4) is 0 Å². The molecule has 0 saturated carbocycles. The minimum Gasteiger partial charge on any atom is -0.471 e. The maximum Gasteiger partial charge on any atom is 0.274 e. The Morgan fingerprint density at radius 3 is 2.71 bits per heavy atom. The summed E-state index contributed by atoms with van der Waals surface area (Å²) in [5.74, 6) is 2.41. The van der Waals surface area contributed by atoms with Gasteiger partial charge in [0.15, 0.2) is 12.4 Å². The van der Waals surface area contributed by atoms with Gasteiger partial charge in [-0.2, -0.15) is 5.10 Å². The highest BCUT2D eigenvalue weighted by atomic mass is 16.5. The number of oxazole rings is 1. The molecule has 1 amide bonds. The van der Waals surface area contributed by atoms with Crippen molar-refractivity contribution in [3.8, 4) is 5.75 Å². The highest BCUT2D eigenvalue weighted by Gasteiger charge is 2.24. The molecule has 0 spiro atoms. The number of ether oxygens (including phenoxy) is 1. The van der Waals surface area contributed by atoms with E-state index in [-0.39, 0.29) is 18.1 Å². The standard InChI is InChI=1S/C26H35N5O3/c1-19-7-8-20(2)22(15-19)33-18-31-12-9-21(28-31)25(32)30-11-6-10-29(13-14-30)17-24-27-16-23(34-24)26(3,4)5/h7-9,12,15-16H,6,10-11,13-14,17-18H2,1-5H3. The maximum absolute atomic E-state index is 13.1. The number of hydrogen-bond acceptors (Lipinski definition) is 6. The molecule has 3 aromatic rings. The summed E-state index contributed by atoms with van der Waals surface area (Å²) in [5.41, 5.74) is 2.60. The third kappa shape index (κ3) is 5.86. The molecule has 0 N–H and O–H groups in total. The Bertz CT molecular complexity index is 1130. The van der Waals surface area contributed by atoms with Crippen LogP contribution in [0.5, 0.6) is 5.75 Å². The lowest BCUT2D eigenvalue weighted by Crippen LogP contribution is -2.35. The molecule has 1 aliphatic rings. The van der Waals surface area contributed by atoms with Crippen LogP contribution in [0.15, 0.2) is 41.1 Å². The first-order chi connectivity index (χ1) is 16.2. The van der Waals surface area contributed by atoms with E-state index in [2.05, 4.69) is 41.8 Å². The SMILES string of the molecule is Cc1ccc(C)c(OCn2ccc(C(=O)N3CCCN(Cc4ncc(C(C)(C)C)o4)CC3)n2)c1. The number of aromatic nitrogens is 3. The van der Waals surface area contributed by atoms with Gasteiger partial charge in [0.1, 0.15) is 11.5 Å². The molecule has 0 unspecified atom stereocenters. The number of aryl methyl sites for hydroxylation is 2. The first-order valence-corrected chi connectivity index (χ1v) is 11.9. The van der Waals surface area contributed by atoms with Crippen LogP contribution < -0.4 is 4.74 Å². The quantitative estimate of drug-likeness (QED) is 0.544. The molecule has 34 heavy (non-hydrogen) atoms. The van der Waals surface area contributed by atoms with E-state index in [0.717, 1.165) is 48.0 Å². The van der Waals surface area contributed by atoms with Gasteiger partial charge < -0.3 is 14.1 Å². The molecule has 1 fully saturated rings. The van der Waals surface area contributed by atoms with Crippen LogP contribution in [0.1, 0.15) is 60.5 Å². The van der Waals surface area contributed by atoms with Crippen molar-refractivity contribution in [1.82, 2.24) is 24.6 Å². The van der Waals surface area contributed by atoms with Gasteiger partial charge in [-0.05, 0) is 43.5 Å². The Morgan fingerprint density at radius 1 is 1.12 bits per heavy atom. The van der Waals surface area contributed by atoms with Crippen LogP contribution in [-0.4, -0.2) is 56.7 Å². The first-order valence-electron chi connectivity index (χ1n) is 11.9. The molecular weight excluding hydrogens is 430 g/mol. The summed E-state index contributed by atoms with van der Waals surface area (Å²) in [6, 6.07) is 7.87. The Kier molecular flexibility index (Phi) is 7.07. The lowest BCUT2D eigenvalue weighted by Gasteiger charge is -2.20. The largest absolute Gasteiger partial charge is 0.471 e. The zero-order valence-electron chi connectivity index (χ0n) is 20.9. The summed E-state index contributed by atoms with van der Waals surface area (Å²) >= 11 is 0. The van der Waals surface area contributed by atoms with Crippen LogP contribution in [-0.2, 0) is 18.7 Å². The van der Waals surface area contributed by atoms with Crippen LogP contribution in [0.2, 0.25) is 0 Å². The van der Waals surface area contributed by atoms with Crippen molar-refractivity contribution in [1.29, 1.82) is 0 Å². The van der Waals surface area contributed by atoms with Crippen molar-refractivity contribution in [3.05, 3.63) is 65.1 Å². The highest BCUT2D eigenvalue weighted by Crippen LogP contribution is 2.23. The predicted octanol–water partition coefficient (Wildman–Crippen LogP) is 4.17. The molecule has 0 bridgehead atoms. The summed E-state index contributed by atoms with van der Waals surface area (Å²) in [6.45, 7) is 14.3. The van der Waals surface area contributed by atoms with E-state index in [0.29, 0.717) is 25.3 Å². The van der Waals surface area contributed by atoms with Gasteiger partial charge >= 0.3 is 0 Å². The van der Waals surface area contributed by atoms with Crippen molar-refractivity contribution >= 4 is 5.91 Å². The average molecular weight is 466 g/mol. The second-order valence-corrected chi connectivity index (χ2v) is 10.1. The summed E-state index contributed by atoms with van der Waals surface area (Å²) in [4.78, 5) is 21.7. The Balaban J connectivity index is 1.31. The summed E-state index contributed by atoms with van der Waals surface area (Å²) in [6.07, 6.45) is 4.51. The summed E-state index contributed by atoms with van der Waals surface area (Å²) in [5, 5.41) is 4.46. The van der Waals surface area contributed by atoms with Gasteiger partial charge in [0.2, 0.25) is 5.89 Å². The molecule has 3 heterocycles. The second-order valence-electron chi connectivity index (χ2n) is 10.1. The van der Waals surface area contributed by atoms with Crippen LogP contribution in [0.4, 0.5) is 0 Å². The molecule has 0 atom stereocenters. The lowest BCUT2D eigenvalue weighted by atomic mass is 9.94. The van der Waals surface area contributed by atoms with E-state index in [1.54, 1.807) is 16.9 Å². The number of benzene rings is 1. The van der Waals surface area contributed by atoms with E-state index in [9.17, 15) is 4.79 Å². The maximum atomic E-state index is 13.1. The zero-order valence-corrected chi connectivity index (χ0v) is 20.9. The predicted molar refractivity (Wildman–Crippen MR) is 130 cm³/mol. The molecule has 1 saturated heterocycles. The van der Waals surface area contributed by atoms with E-state index < -0.39 is 0 Å². The minimum absolute atomic E-state index is 0.0431. The molecule has 8 nitrogen and oxygen atoms in total. The molecule has 8 heteroatoms. The van der Waals surface area contributed by atoms with Gasteiger partial charge in [0, 0.05) is 37.8 Å². The smallest absolute Gasteiger partial charge is 0.274 e. The number of carbonyl (C=O) groups excluding carboxylic acids is 1. The third-order valence-electron chi connectivity index (χ3n) is 6.08. The molecule has 182 valence electrons. The van der Waals surface area contributed by atoms with Crippen LogP contribution in [0, 0.1) is 13.8 Å². The van der Waals surface area contributed by atoms with Crippen molar-refractivity contribution in [2.75, 3.05) is 26.2 Å². The molecule has 1 aliphatic heterocycles. The van der Waals surface area contributed by atoms with Crippen LogP contribution in [0.25, 0.3) is 0 Å². The monoisotopic (exact) mass is 465 g/mol. The third-order valence-corrected chi connectivity index (χ3v) is 6.08. The molecule has 1 aromatic carbocycles. The van der Waals surface area contributed by atoms with Gasteiger partial charge in [0.05, 0.1) is 12.7 Å². The highest BCUT2D eigenvalue weighted by molar-refractivity contribution is 5.92.